The van der Waals surface area contributed by atoms with Crippen molar-refractivity contribution < 1.29 is 14.3 Å². The van der Waals surface area contributed by atoms with Gasteiger partial charge in [0.25, 0.3) is 5.91 Å². The summed E-state index contributed by atoms with van der Waals surface area (Å²) in [5.74, 6) is 0.0742. The van der Waals surface area contributed by atoms with Gasteiger partial charge in [-0.05, 0) is 13.8 Å². The van der Waals surface area contributed by atoms with Crippen molar-refractivity contribution in [1.29, 1.82) is 0 Å². The van der Waals surface area contributed by atoms with Crippen molar-refractivity contribution in [3.63, 3.8) is 0 Å². The predicted molar refractivity (Wildman–Crippen MR) is 48.5 cm³/mol. The Morgan fingerprint density at radius 3 is 2.69 bits per heavy atom. The maximum absolute atomic E-state index is 11.6. The Morgan fingerprint density at radius 1 is 1.54 bits per heavy atom. The SMILES string of the molecule is CCOC(C)C(=O)N1CCOCC1. The van der Waals surface area contributed by atoms with Crippen LogP contribution in [0.2, 0.25) is 0 Å². The second-order valence-electron chi connectivity index (χ2n) is 3.04. The first-order chi connectivity index (χ1) is 6.25. The van der Waals surface area contributed by atoms with Crippen LogP contribution in [0.1, 0.15) is 13.8 Å². The first-order valence-corrected chi connectivity index (χ1v) is 4.74. The Kier molecular flexibility index (Phi) is 4.18. The maximum Gasteiger partial charge on any atom is 0.251 e. The Hall–Kier alpha value is -0.610. The third kappa shape index (κ3) is 2.97. The lowest BCUT2D eigenvalue weighted by Crippen LogP contribution is -2.45. The quantitative estimate of drug-likeness (QED) is 0.636. The lowest BCUT2D eigenvalue weighted by Gasteiger charge is -2.28. The fourth-order valence-corrected chi connectivity index (χ4v) is 1.36. The average molecular weight is 187 g/mol. The molecule has 13 heavy (non-hydrogen) atoms. The molecule has 1 heterocycles. The van der Waals surface area contributed by atoms with Gasteiger partial charge in [-0.15, -0.1) is 0 Å². The van der Waals surface area contributed by atoms with Gasteiger partial charge in [0.2, 0.25) is 0 Å². The number of ether oxygens (including phenoxy) is 2. The zero-order valence-electron chi connectivity index (χ0n) is 8.28. The van der Waals surface area contributed by atoms with Crippen molar-refractivity contribution in [1.82, 2.24) is 4.90 Å². The summed E-state index contributed by atoms with van der Waals surface area (Å²) >= 11 is 0. The van der Waals surface area contributed by atoms with E-state index in [9.17, 15) is 4.79 Å². The highest BCUT2D eigenvalue weighted by Crippen LogP contribution is 2.02. The minimum Gasteiger partial charge on any atom is -0.378 e. The molecule has 0 spiro atoms. The Bertz CT molecular complexity index is 166. The molecule has 0 N–H and O–H groups in total. The molecule has 4 heteroatoms. The lowest BCUT2D eigenvalue weighted by atomic mass is 10.3. The maximum atomic E-state index is 11.6. The van der Waals surface area contributed by atoms with E-state index in [2.05, 4.69) is 0 Å². The summed E-state index contributed by atoms with van der Waals surface area (Å²) in [6, 6.07) is 0. The molecule has 1 fully saturated rings. The predicted octanol–water partition coefficient (Wildman–Crippen LogP) is 0.270. The van der Waals surface area contributed by atoms with E-state index in [0.717, 1.165) is 0 Å². The summed E-state index contributed by atoms with van der Waals surface area (Å²) < 4.78 is 10.4. The summed E-state index contributed by atoms with van der Waals surface area (Å²) in [7, 11) is 0. The number of carbonyl (C=O) groups excluding carboxylic acids is 1. The first kappa shape index (κ1) is 10.5. The van der Waals surface area contributed by atoms with E-state index in [0.29, 0.717) is 32.9 Å². The van der Waals surface area contributed by atoms with Gasteiger partial charge >= 0.3 is 0 Å². The molecule has 0 bridgehead atoms. The minimum absolute atomic E-state index is 0.0742. The summed E-state index contributed by atoms with van der Waals surface area (Å²) in [5.41, 5.74) is 0. The molecule has 1 aliphatic heterocycles. The van der Waals surface area contributed by atoms with Crippen molar-refractivity contribution in [3.05, 3.63) is 0 Å². The van der Waals surface area contributed by atoms with E-state index >= 15 is 0 Å². The molecule has 1 atom stereocenters. The van der Waals surface area contributed by atoms with E-state index in [4.69, 9.17) is 9.47 Å². The fourth-order valence-electron chi connectivity index (χ4n) is 1.36. The molecule has 0 aromatic rings. The summed E-state index contributed by atoms with van der Waals surface area (Å²) in [5, 5.41) is 0. The van der Waals surface area contributed by atoms with Crippen LogP contribution < -0.4 is 0 Å². The van der Waals surface area contributed by atoms with Gasteiger partial charge in [-0.3, -0.25) is 4.79 Å². The Morgan fingerprint density at radius 2 is 2.15 bits per heavy atom. The van der Waals surface area contributed by atoms with Crippen molar-refractivity contribution in [2.45, 2.75) is 20.0 Å². The van der Waals surface area contributed by atoms with Crippen LogP contribution in [0.15, 0.2) is 0 Å². The van der Waals surface area contributed by atoms with Gasteiger partial charge in [0, 0.05) is 19.7 Å². The van der Waals surface area contributed by atoms with Gasteiger partial charge in [0.1, 0.15) is 6.10 Å². The molecule has 1 aliphatic rings. The van der Waals surface area contributed by atoms with E-state index in [-0.39, 0.29) is 12.0 Å². The van der Waals surface area contributed by atoms with Crippen LogP contribution in [0.5, 0.6) is 0 Å². The number of rotatable bonds is 3. The normalized spacial score (nSPS) is 20.0. The van der Waals surface area contributed by atoms with E-state index in [1.165, 1.54) is 0 Å². The molecule has 1 amide bonds. The van der Waals surface area contributed by atoms with Crippen LogP contribution >= 0.6 is 0 Å². The molecule has 0 saturated carbocycles. The number of amides is 1. The molecule has 0 radical (unpaired) electrons. The molecular weight excluding hydrogens is 170 g/mol. The molecule has 4 nitrogen and oxygen atoms in total. The smallest absolute Gasteiger partial charge is 0.251 e. The van der Waals surface area contributed by atoms with Gasteiger partial charge in [-0.2, -0.15) is 0 Å². The highest BCUT2D eigenvalue weighted by molar-refractivity contribution is 5.80. The topological polar surface area (TPSA) is 38.8 Å². The number of hydrogen-bond donors (Lipinski definition) is 0. The summed E-state index contributed by atoms with van der Waals surface area (Å²) in [6.45, 7) is 6.93. The second-order valence-corrected chi connectivity index (χ2v) is 3.04. The summed E-state index contributed by atoms with van der Waals surface area (Å²) in [4.78, 5) is 13.4. The standard InChI is InChI=1S/C9H17NO3/c1-3-13-8(2)9(11)10-4-6-12-7-5-10/h8H,3-7H2,1-2H3. The van der Waals surface area contributed by atoms with Gasteiger partial charge in [0.05, 0.1) is 13.2 Å². The van der Waals surface area contributed by atoms with Crippen LogP contribution in [0.25, 0.3) is 0 Å². The molecule has 76 valence electrons. The first-order valence-electron chi connectivity index (χ1n) is 4.74. The van der Waals surface area contributed by atoms with E-state index in [1.807, 2.05) is 6.92 Å². The number of carbonyl (C=O) groups is 1. The van der Waals surface area contributed by atoms with Crippen LogP contribution in [0, 0.1) is 0 Å². The monoisotopic (exact) mass is 187 g/mol. The van der Waals surface area contributed by atoms with Crippen molar-refractivity contribution in [3.8, 4) is 0 Å². The van der Waals surface area contributed by atoms with Gasteiger partial charge in [-0.25, -0.2) is 0 Å². The minimum atomic E-state index is -0.317. The number of nitrogens with zero attached hydrogens (tertiary/aromatic N) is 1. The number of hydrogen-bond acceptors (Lipinski definition) is 3. The molecule has 1 saturated heterocycles. The molecule has 0 aliphatic carbocycles. The Balaban J connectivity index is 2.36. The third-order valence-electron chi connectivity index (χ3n) is 2.09. The van der Waals surface area contributed by atoms with E-state index in [1.54, 1.807) is 11.8 Å². The van der Waals surface area contributed by atoms with Crippen LogP contribution in [-0.4, -0.2) is 49.8 Å². The van der Waals surface area contributed by atoms with E-state index < -0.39 is 0 Å². The molecule has 1 rings (SSSR count). The molecular formula is C9H17NO3. The van der Waals surface area contributed by atoms with Crippen molar-refractivity contribution in [2.24, 2.45) is 0 Å². The average Bonchev–Trinajstić information content (AvgIpc) is 2.18. The van der Waals surface area contributed by atoms with Gasteiger partial charge in [0.15, 0.2) is 0 Å². The molecule has 0 aromatic heterocycles. The third-order valence-corrected chi connectivity index (χ3v) is 2.09. The van der Waals surface area contributed by atoms with Gasteiger partial charge in [-0.1, -0.05) is 0 Å². The largest absolute Gasteiger partial charge is 0.378 e. The van der Waals surface area contributed by atoms with Crippen LogP contribution in [0.4, 0.5) is 0 Å². The fraction of sp³-hybridized carbons (Fsp3) is 0.889. The zero-order valence-corrected chi connectivity index (χ0v) is 8.28. The van der Waals surface area contributed by atoms with Crippen LogP contribution in [0.3, 0.4) is 0 Å². The number of morpholine rings is 1. The van der Waals surface area contributed by atoms with Crippen molar-refractivity contribution in [2.75, 3.05) is 32.9 Å². The lowest BCUT2D eigenvalue weighted by molar-refractivity contribution is -0.146. The highest BCUT2D eigenvalue weighted by atomic mass is 16.5. The van der Waals surface area contributed by atoms with Gasteiger partial charge < -0.3 is 14.4 Å². The van der Waals surface area contributed by atoms with Crippen LogP contribution in [-0.2, 0) is 14.3 Å². The summed E-state index contributed by atoms with van der Waals surface area (Å²) in [6.07, 6.45) is -0.317. The Labute approximate surface area is 78.8 Å². The van der Waals surface area contributed by atoms with Crippen molar-refractivity contribution >= 4 is 5.91 Å². The second kappa shape index (κ2) is 5.19. The highest BCUT2D eigenvalue weighted by Gasteiger charge is 2.22. The molecule has 0 aromatic carbocycles. The molecule has 1 unspecified atom stereocenters. The zero-order chi connectivity index (χ0) is 9.68.